The van der Waals surface area contributed by atoms with Crippen molar-refractivity contribution in [3.05, 3.63) is 53.7 Å². The third-order valence-corrected chi connectivity index (χ3v) is 6.89. The van der Waals surface area contributed by atoms with Crippen LogP contribution in [0.2, 0.25) is 5.15 Å². The van der Waals surface area contributed by atoms with Crippen LogP contribution in [0.15, 0.2) is 43.0 Å². The molecule has 2 amide bonds. The van der Waals surface area contributed by atoms with Crippen LogP contribution in [0.25, 0.3) is 5.95 Å². The molecule has 0 saturated carbocycles. The first kappa shape index (κ1) is 30.5. The van der Waals surface area contributed by atoms with E-state index < -0.39 is 18.6 Å². The van der Waals surface area contributed by atoms with Crippen LogP contribution in [-0.4, -0.2) is 100 Å². The van der Waals surface area contributed by atoms with E-state index in [1.807, 2.05) is 17.9 Å². The van der Waals surface area contributed by atoms with Crippen LogP contribution in [0.3, 0.4) is 0 Å². The van der Waals surface area contributed by atoms with Gasteiger partial charge in [-0.15, -0.1) is 0 Å². The molecule has 3 aromatic rings. The maximum atomic E-state index is 13.3. The SMILES string of the molecule is COc1ccc(C(C)NC(=O)CC2CN(C(=O)COCC(=O)O)CCN2c2cc(Cl)nc(-n3ccnc3)n2)cc1OC. The topological polar surface area (TPSA) is 161 Å². The largest absolute Gasteiger partial charge is 0.493 e. The van der Waals surface area contributed by atoms with E-state index in [1.165, 1.54) is 0 Å². The second-order valence-electron chi connectivity index (χ2n) is 9.50. The van der Waals surface area contributed by atoms with E-state index in [-0.39, 0.29) is 42.6 Å². The summed E-state index contributed by atoms with van der Waals surface area (Å²) in [7, 11) is 3.09. The standard InChI is InChI=1S/C27H32ClN7O7/c1-17(18-4-5-20(40-2)21(10-18)41-3)30-24(36)11-19-13-33(25(37)14-42-15-26(38)39)8-9-35(19)23-12-22(28)31-27(32-23)34-7-6-29-16-34/h4-7,10,12,16-17,19H,8-9,11,13-15H2,1-3H3,(H,30,36)(H,38,39). The summed E-state index contributed by atoms with van der Waals surface area (Å²) in [5.41, 5.74) is 0.821. The molecule has 2 aromatic heterocycles. The number of carbonyl (C=O) groups excluding carboxylic acids is 2. The normalized spacial score (nSPS) is 15.7. The predicted octanol–water partition coefficient (Wildman–Crippen LogP) is 1.72. The lowest BCUT2D eigenvalue weighted by atomic mass is 10.0. The summed E-state index contributed by atoms with van der Waals surface area (Å²) in [5.74, 6) is 0.120. The van der Waals surface area contributed by atoms with E-state index in [0.29, 0.717) is 36.4 Å². The molecular weight excluding hydrogens is 570 g/mol. The minimum absolute atomic E-state index is 0.0272. The van der Waals surface area contributed by atoms with E-state index in [1.54, 1.807) is 60.6 Å². The summed E-state index contributed by atoms with van der Waals surface area (Å²) in [5, 5.41) is 12.0. The Morgan fingerprint density at radius 3 is 2.60 bits per heavy atom. The van der Waals surface area contributed by atoms with Crippen LogP contribution < -0.4 is 19.7 Å². The monoisotopic (exact) mass is 601 g/mol. The van der Waals surface area contributed by atoms with Gasteiger partial charge in [-0.1, -0.05) is 17.7 Å². The molecule has 224 valence electrons. The van der Waals surface area contributed by atoms with E-state index in [4.69, 9.17) is 30.9 Å². The zero-order valence-electron chi connectivity index (χ0n) is 23.4. The van der Waals surface area contributed by atoms with Crippen molar-refractivity contribution in [1.29, 1.82) is 0 Å². The zero-order valence-corrected chi connectivity index (χ0v) is 24.2. The van der Waals surface area contributed by atoms with Crippen LogP contribution in [0.5, 0.6) is 11.5 Å². The van der Waals surface area contributed by atoms with Gasteiger partial charge in [-0.25, -0.2) is 14.8 Å². The molecule has 0 bridgehead atoms. The number of aliphatic carboxylic acids is 1. The number of imidazole rings is 1. The van der Waals surface area contributed by atoms with Crippen LogP contribution >= 0.6 is 11.6 Å². The smallest absolute Gasteiger partial charge is 0.329 e. The number of halogens is 1. The van der Waals surface area contributed by atoms with Crippen molar-refractivity contribution in [2.75, 3.05) is 52.0 Å². The number of anilines is 1. The molecule has 3 heterocycles. The number of nitrogens with zero attached hydrogens (tertiary/aromatic N) is 6. The van der Waals surface area contributed by atoms with Gasteiger partial charge in [-0.3, -0.25) is 14.2 Å². The van der Waals surface area contributed by atoms with Crippen molar-refractivity contribution in [3.8, 4) is 17.4 Å². The molecule has 2 N–H and O–H groups in total. The molecule has 15 heteroatoms. The van der Waals surface area contributed by atoms with E-state index in [2.05, 4.69) is 20.3 Å². The zero-order chi connectivity index (χ0) is 30.2. The van der Waals surface area contributed by atoms with Gasteiger partial charge in [0.2, 0.25) is 17.8 Å². The van der Waals surface area contributed by atoms with Gasteiger partial charge < -0.3 is 34.4 Å². The van der Waals surface area contributed by atoms with Gasteiger partial charge in [0.25, 0.3) is 0 Å². The number of rotatable bonds is 12. The number of benzene rings is 1. The van der Waals surface area contributed by atoms with Crippen LogP contribution in [0.1, 0.15) is 24.9 Å². The number of ether oxygens (including phenoxy) is 3. The fraction of sp³-hybridized carbons (Fsp3) is 0.407. The molecule has 14 nitrogen and oxygen atoms in total. The molecule has 0 spiro atoms. The van der Waals surface area contributed by atoms with Crippen molar-refractivity contribution in [1.82, 2.24) is 29.7 Å². The summed E-state index contributed by atoms with van der Waals surface area (Å²) in [4.78, 5) is 53.3. The third-order valence-electron chi connectivity index (χ3n) is 6.69. The minimum Gasteiger partial charge on any atom is -0.493 e. The molecule has 2 unspecified atom stereocenters. The lowest BCUT2D eigenvalue weighted by molar-refractivity contribution is -0.146. The molecule has 4 rings (SSSR count). The summed E-state index contributed by atoms with van der Waals surface area (Å²) >= 11 is 6.35. The predicted molar refractivity (Wildman–Crippen MR) is 151 cm³/mol. The maximum Gasteiger partial charge on any atom is 0.329 e. The van der Waals surface area contributed by atoms with E-state index >= 15 is 0 Å². The van der Waals surface area contributed by atoms with Crippen LogP contribution in [-0.2, 0) is 19.1 Å². The second-order valence-corrected chi connectivity index (χ2v) is 9.89. The third kappa shape index (κ3) is 7.64. The van der Waals surface area contributed by atoms with Crippen LogP contribution in [0.4, 0.5) is 5.82 Å². The van der Waals surface area contributed by atoms with Gasteiger partial charge in [0.1, 0.15) is 30.5 Å². The molecular formula is C27H32ClN7O7. The summed E-state index contributed by atoms with van der Waals surface area (Å²) in [6.45, 7) is 1.71. The number of hydrogen-bond acceptors (Lipinski definition) is 10. The highest BCUT2D eigenvalue weighted by molar-refractivity contribution is 6.29. The van der Waals surface area contributed by atoms with Crippen molar-refractivity contribution in [3.63, 3.8) is 0 Å². The van der Waals surface area contributed by atoms with Gasteiger partial charge in [0, 0.05) is 44.5 Å². The highest BCUT2D eigenvalue weighted by Gasteiger charge is 2.33. The number of amides is 2. The average molecular weight is 602 g/mol. The van der Waals surface area contributed by atoms with E-state index in [0.717, 1.165) is 5.56 Å². The number of carboxylic acid groups (broad SMARTS) is 1. The van der Waals surface area contributed by atoms with Crippen molar-refractivity contribution < 1.29 is 33.7 Å². The molecule has 1 aromatic carbocycles. The Hall–Kier alpha value is -4.43. The molecule has 1 aliphatic heterocycles. The number of carboxylic acids is 1. The first-order valence-corrected chi connectivity index (χ1v) is 13.4. The summed E-state index contributed by atoms with van der Waals surface area (Å²) < 4.78 is 17.3. The molecule has 42 heavy (non-hydrogen) atoms. The van der Waals surface area contributed by atoms with Gasteiger partial charge in [0.05, 0.1) is 26.3 Å². The Balaban J connectivity index is 1.53. The Bertz CT molecular complexity index is 1410. The number of hydrogen-bond donors (Lipinski definition) is 2. The fourth-order valence-corrected chi connectivity index (χ4v) is 4.80. The molecule has 1 saturated heterocycles. The Morgan fingerprint density at radius 1 is 1.12 bits per heavy atom. The first-order valence-electron chi connectivity index (χ1n) is 13.1. The van der Waals surface area contributed by atoms with E-state index in [9.17, 15) is 14.4 Å². The average Bonchev–Trinajstić information content (AvgIpc) is 3.51. The Labute approximate surface area is 247 Å². The summed E-state index contributed by atoms with van der Waals surface area (Å²) in [6, 6.07) is 6.18. The number of piperazine rings is 1. The van der Waals surface area contributed by atoms with Gasteiger partial charge in [-0.2, -0.15) is 4.98 Å². The quantitative estimate of drug-likeness (QED) is 0.291. The van der Waals surface area contributed by atoms with Crippen LogP contribution in [0, 0.1) is 0 Å². The van der Waals surface area contributed by atoms with Crippen molar-refractivity contribution in [2.24, 2.45) is 0 Å². The molecule has 1 aliphatic rings. The lowest BCUT2D eigenvalue weighted by Gasteiger charge is -2.42. The minimum atomic E-state index is -1.17. The maximum absolute atomic E-state index is 13.3. The number of aromatic nitrogens is 4. The number of carbonyl (C=O) groups is 3. The Kier molecular flexibility index (Phi) is 10.1. The first-order chi connectivity index (χ1) is 20.2. The molecule has 1 fully saturated rings. The fourth-order valence-electron chi connectivity index (χ4n) is 4.63. The number of methoxy groups -OCH3 is 2. The number of nitrogens with one attached hydrogen (secondary N) is 1. The molecule has 0 aliphatic carbocycles. The highest BCUT2D eigenvalue weighted by atomic mass is 35.5. The highest BCUT2D eigenvalue weighted by Crippen LogP contribution is 2.30. The summed E-state index contributed by atoms with van der Waals surface area (Å²) in [6.07, 6.45) is 4.85. The second kappa shape index (κ2) is 14.0. The van der Waals surface area contributed by atoms with Crippen molar-refractivity contribution >= 4 is 35.2 Å². The lowest BCUT2D eigenvalue weighted by Crippen LogP contribution is -2.57. The van der Waals surface area contributed by atoms with Gasteiger partial charge in [0.15, 0.2) is 11.5 Å². The van der Waals surface area contributed by atoms with Gasteiger partial charge in [-0.05, 0) is 24.6 Å². The van der Waals surface area contributed by atoms with Gasteiger partial charge >= 0.3 is 5.97 Å². The molecule has 0 radical (unpaired) electrons. The Morgan fingerprint density at radius 2 is 1.90 bits per heavy atom. The molecule has 2 atom stereocenters. The van der Waals surface area contributed by atoms with Crippen molar-refractivity contribution in [2.45, 2.75) is 25.4 Å².